The Bertz CT molecular complexity index is 147. The fourth-order valence-electron chi connectivity index (χ4n) is 2.12. The van der Waals surface area contributed by atoms with Gasteiger partial charge in [0.25, 0.3) is 0 Å². The molecule has 3 heteroatoms. The molecule has 0 aromatic rings. The summed E-state index contributed by atoms with van der Waals surface area (Å²) in [7, 11) is 0. The van der Waals surface area contributed by atoms with Crippen molar-refractivity contribution >= 4 is 0 Å². The molecular formula is C12H25NO2. The van der Waals surface area contributed by atoms with E-state index >= 15 is 0 Å². The van der Waals surface area contributed by atoms with Gasteiger partial charge < -0.3 is 15.2 Å². The van der Waals surface area contributed by atoms with Gasteiger partial charge in [-0.05, 0) is 44.9 Å². The van der Waals surface area contributed by atoms with Crippen molar-refractivity contribution in [3.8, 4) is 0 Å². The minimum absolute atomic E-state index is 0.355. The van der Waals surface area contributed by atoms with Gasteiger partial charge in [0.1, 0.15) is 0 Å². The summed E-state index contributed by atoms with van der Waals surface area (Å²) >= 11 is 0. The molecule has 0 radical (unpaired) electrons. The largest absolute Gasteiger partial charge is 0.382 e. The molecule has 0 saturated carbocycles. The average molecular weight is 215 g/mol. The van der Waals surface area contributed by atoms with Crippen LogP contribution in [0.3, 0.4) is 0 Å². The molecule has 1 fully saturated rings. The molecule has 0 bridgehead atoms. The Morgan fingerprint density at radius 3 is 2.80 bits per heavy atom. The molecule has 0 spiro atoms. The highest BCUT2D eigenvalue weighted by atomic mass is 16.5. The third-order valence-electron chi connectivity index (χ3n) is 3.04. The van der Waals surface area contributed by atoms with Gasteiger partial charge in [0, 0.05) is 32.5 Å². The smallest absolute Gasteiger partial charge is 0.0468 e. The Kier molecular flexibility index (Phi) is 6.98. The van der Waals surface area contributed by atoms with Crippen LogP contribution in [0.1, 0.15) is 39.0 Å². The first-order valence-corrected chi connectivity index (χ1v) is 6.24. The Balaban J connectivity index is 1.98. The predicted octanol–water partition coefficient (Wildman–Crippen LogP) is 1.95. The molecule has 1 aliphatic rings. The highest BCUT2D eigenvalue weighted by Gasteiger charge is 2.16. The van der Waals surface area contributed by atoms with Crippen molar-refractivity contribution in [1.29, 1.82) is 0 Å². The summed E-state index contributed by atoms with van der Waals surface area (Å²) in [5, 5.41) is 0. The zero-order chi connectivity index (χ0) is 10.9. The van der Waals surface area contributed by atoms with Crippen LogP contribution >= 0.6 is 0 Å². The van der Waals surface area contributed by atoms with Crippen LogP contribution in [0.15, 0.2) is 0 Å². The van der Waals surface area contributed by atoms with Crippen LogP contribution in [0.2, 0.25) is 0 Å². The van der Waals surface area contributed by atoms with Crippen LogP contribution in [0.25, 0.3) is 0 Å². The van der Waals surface area contributed by atoms with E-state index in [0.29, 0.717) is 6.04 Å². The van der Waals surface area contributed by atoms with E-state index in [-0.39, 0.29) is 0 Å². The molecule has 1 atom stereocenters. The number of rotatable bonds is 7. The van der Waals surface area contributed by atoms with Gasteiger partial charge in [0.05, 0.1) is 0 Å². The van der Waals surface area contributed by atoms with Crippen molar-refractivity contribution in [2.45, 2.75) is 45.1 Å². The summed E-state index contributed by atoms with van der Waals surface area (Å²) in [6.45, 7) is 5.56. The van der Waals surface area contributed by atoms with E-state index in [1.807, 2.05) is 6.92 Å². The van der Waals surface area contributed by atoms with Gasteiger partial charge >= 0.3 is 0 Å². The van der Waals surface area contributed by atoms with Crippen LogP contribution in [0.4, 0.5) is 0 Å². The normalized spacial score (nSPS) is 20.4. The van der Waals surface area contributed by atoms with E-state index < -0.39 is 0 Å². The van der Waals surface area contributed by atoms with Crippen LogP contribution in [0, 0.1) is 5.92 Å². The molecule has 90 valence electrons. The van der Waals surface area contributed by atoms with Crippen LogP contribution in [-0.2, 0) is 9.47 Å². The zero-order valence-electron chi connectivity index (χ0n) is 9.91. The molecule has 2 N–H and O–H groups in total. The summed E-state index contributed by atoms with van der Waals surface area (Å²) in [4.78, 5) is 0. The fourth-order valence-corrected chi connectivity index (χ4v) is 2.12. The van der Waals surface area contributed by atoms with E-state index in [2.05, 4.69) is 0 Å². The lowest BCUT2D eigenvalue weighted by atomic mass is 9.91. The molecule has 0 aromatic carbocycles. The quantitative estimate of drug-likeness (QED) is 0.660. The van der Waals surface area contributed by atoms with Gasteiger partial charge in [-0.1, -0.05) is 0 Å². The van der Waals surface area contributed by atoms with Crippen molar-refractivity contribution in [3.05, 3.63) is 0 Å². The highest BCUT2D eigenvalue weighted by molar-refractivity contribution is 4.71. The summed E-state index contributed by atoms with van der Waals surface area (Å²) in [6, 6.07) is 0.355. The number of ether oxygens (including phenoxy) is 2. The second-order valence-electron chi connectivity index (χ2n) is 4.39. The Labute approximate surface area is 93.3 Å². The van der Waals surface area contributed by atoms with Gasteiger partial charge in [0.2, 0.25) is 0 Å². The third-order valence-corrected chi connectivity index (χ3v) is 3.04. The van der Waals surface area contributed by atoms with Gasteiger partial charge in [0.15, 0.2) is 0 Å². The molecule has 0 aromatic heterocycles. The van der Waals surface area contributed by atoms with Crippen LogP contribution in [0.5, 0.6) is 0 Å². The van der Waals surface area contributed by atoms with E-state index in [9.17, 15) is 0 Å². The molecule has 1 rings (SSSR count). The summed E-state index contributed by atoms with van der Waals surface area (Å²) in [6.07, 6.45) is 5.74. The molecular weight excluding hydrogens is 190 g/mol. The first-order chi connectivity index (χ1) is 7.33. The standard InChI is InChI=1S/C12H25NO2/c1-2-14-7-3-4-12(13)10-11-5-8-15-9-6-11/h11-12H,2-10,13H2,1H3. The monoisotopic (exact) mass is 215 g/mol. The lowest BCUT2D eigenvalue weighted by Crippen LogP contribution is -2.27. The van der Waals surface area contributed by atoms with Crippen LogP contribution < -0.4 is 5.73 Å². The first-order valence-electron chi connectivity index (χ1n) is 6.24. The van der Waals surface area contributed by atoms with Gasteiger partial charge in [-0.15, -0.1) is 0 Å². The molecule has 0 amide bonds. The van der Waals surface area contributed by atoms with Gasteiger partial charge in [-0.3, -0.25) is 0 Å². The van der Waals surface area contributed by atoms with Crippen LogP contribution in [-0.4, -0.2) is 32.5 Å². The Hall–Kier alpha value is -0.120. The number of nitrogens with two attached hydrogens (primary N) is 1. The van der Waals surface area contributed by atoms with E-state index in [1.165, 1.54) is 12.8 Å². The first kappa shape index (κ1) is 12.9. The van der Waals surface area contributed by atoms with Crippen molar-refractivity contribution in [3.63, 3.8) is 0 Å². The molecule has 1 saturated heterocycles. The van der Waals surface area contributed by atoms with E-state index in [0.717, 1.165) is 51.6 Å². The minimum atomic E-state index is 0.355. The van der Waals surface area contributed by atoms with Gasteiger partial charge in [-0.2, -0.15) is 0 Å². The fraction of sp³-hybridized carbons (Fsp3) is 1.00. The van der Waals surface area contributed by atoms with E-state index in [4.69, 9.17) is 15.2 Å². The van der Waals surface area contributed by atoms with Gasteiger partial charge in [-0.25, -0.2) is 0 Å². The Morgan fingerprint density at radius 1 is 1.40 bits per heavy atom. The molecule has 1 unspecified atom stereocenters. The highest BCUT2D eigenvalue weighted by Crippen LogP contribution is 2.20. The maximum absolute atomic E-state index is 6.09. The van der Waals surface area contributed by atoms with E-state index in [1.54, 1.807) is 0 Å². The summed E-state index contributed by atoms with van der Waals surface area (Å²) in [5.74, 6) is 0.792. The minimum Gasteiger partial charge on any atom is -0.382 e. The lowest BCUT2D eigenvalue weighted by Gasteiger charge is -2.24. The third kappa shape index (κ3) is 6.13. The summed E-state index contributed by atoms with van der Waals surface area (Å²) < 4.78 is 10.6. The lowest BCUT2D eigenvalue weighted by molar-refractivity contribution is 0.0610. The maximum Gasteiger partial charge on any atom is 0.0468 e. The number of hydrogen-bond donors (Lipinski definition) is 1. The van der Waals surface area contributed by atoms with Crippen molar-refractivity contribution in [2.75, 3.05) is 26.4 Å². The predicted molar refractivity (Wildman–Crippen MR) is 61.9 cm³/mol. The summed E-state index contributed by atoms with van der Waals surface area (Å²) in [5.41, 5.74) is 6.09. The SMILES string of the molecule is CCOCCCC(N)CC1CCOCC1. The molecule has 15 heavy (non-hydrogen) atoms. The second-order valence-corrected chi connectivity index (χ2v) is 4.39. The Morgan fingerprint density at radius 2 is 2.13 bits per heavy atom. The zero-order valence-corrected chi connectivity index (χ0v) is 9.91. The van der Waals surface area contributed by atoms with Crippen molar-refractivity contribution in [2.24, 2.45) is 11.7 Å². The average Bonchev–Trinajstić information content (AvgIpc) is 2.26. The maximum atomic E-state index is 6.09. The molecule has 1 heterocycles. The van der Waals surface area contributed by atoms with Crippen molar-refractivity contribution < 1.29 is 9.47 Å². The molecule has 0 aliphatic carbocycles. The molecule has 1 aliphatic heterocycles. The molecule has 3 nitrogen and oxygen atoms in total. The topological polar surface area (TPSA) is 44.5 Å². The van der Waals surface area contributed by atoms with Crippen molar-refractivity contribution in [1.82, 2.24) is 0 Å². The number of hydrogen-bond acceptors (Lipinski definition) is 3. The second kappa shape index (κ2) is 8.08.